The van der Waals surface area contributed by atoms with Gasteiger partial charge in [0.25, 0.3) is 5.91 Å². The number of rotatable bonds is 5. The molecular weight excluding hydrogens is 342 g/mol. The molecule has 0 unspecified atom stereocenters. The number of carbonyl (C=O) groups is 3. The standard InChI is InChI=1S/C11H9BrF2N2O4/c12-5-1-6(13)10(7(14)2-5)11(20)16(3-8(15)17)4-9(18)19/h1-2H,3-4H2,(H2,15,17)(H,18,19). The number of carboxylic acids is 1. The number of amides is 2. The molecule has 0 aliphatic heterocycles. The molecule has 3 N–H and O–H groups in total. The predicted octanol–water partition coefficient (Wildman–Crippen LogP) is 0.739. The number of carboxylic acid groups (broad SMARTS) is 1. The number of primary amides is 1. The van der Waals surface area contributed by atoms with E-state index in [-0.39, 0.29) is 4.47 Å². The van der Waals surface area contributed by atoms with Gasteiger partial charge in [-0.3, -0.25) is 14.4 Å². The molecule has 0 saturated heterocycles. The summed E-state index contributed by atoms with van der Waals surface area (Å²) in [5.41, 5.74) is 3.92. The molecule has 0 heterocycles. The number of hydrogen-bond acceptors (Lipinski definition) is 3. The van der Waals surface area contributed by atoms with Gasteiger partial charge in [-0.1, -0.05) is 15.9 Å². The Kier molecular flexibility index (Phi) is 5.14. The van der Waals surface area contributed by atoms with Gasteiger partial charge in [0.2, 0.25) is 5.91 Å². The van der Waals surface area contributed by atoms with E-state index >= 15 is 0 Å². The summed E-state index contributed by atoms with van der Waals surface area (Å²) in [5.74, 6) is -6.08. The van der Waals surface area contributed by atoms with Gasteiger partial charge in [-0.15, -0.1) is 0 Å². The number of nitrogens with two attached hydrogens (primary N) is 1. The van der Waals surface area contributed by atoms with Crippen LogP contribution in [-0.4, -0.2) is 40.9 Å². The van der Waals surface area contributed by atoms with Crippen molar-refractivity contribution in [3.8, 4) is 0 Å². The van der Waals surface area contributed by atoms with Gasteiger partial charge in [-0.25, -0.2) is 8.78 Å². The van der Waals surface area contributed by atoms with Crippen molar-refractivity contribution >= 4 is 33.7 Å². The van der Waals surface area contributed by atoms with Crippen LogP contribution in [0.15, 0.2) is 16.6 Å². The Morgan fingerprint density at radius 2 is 1.70 bits per heavy atom. The van der Waals surface area contributed by atoms with E-state index in [4.69, 9.17) is 10.8 Å². The first-order chi connectivity index (χ1) is 9.22. The Morgan fingerprint density at radius 3 is 2.10 bits per heavy atom. The zero-order chi connectivity index (χ0) is 15.4. The zero-order valence-corrected chi connectivity index (χ0v) is 11.5. The molecule has 0 saturated carbocycles. The van der Waals surface area contributed by atoms with Crippen molar-refractivity contribution < 1.29 is 28.3 Å². The van der Waals surface area contributed by atoms with Crippen molar-refractivity contribution in [2.45, 2.75) is 0 Å². The summed E-state index contributed by atoms with van der Waals surface area (Å²) in [5, 5.41) is 8.63. The average molecular weight is 351 g/mol. The second-order valence-corrected chi connectivity index (χ2v) is 4.68. The fraction of sp³-hybridized carbons (Fsp3) is 0.182. The van der Waals surface area contributed by atoms with Gasteiger partial charge in [-0.2, -0.15) is 0 Å². The predicted molar refractivity (Wildman–Crippen MR) is 66.8 cm³/mol. The average Bonchev–Trinajstić information content (AvgIpc) is 2.24. The van der Waals surface area contributed by atoms with Crippen molar-refractivity contribution in [3.05, 3.63) is 33.8 Å². The molecule has 6 nitrogen and oxygen atoms in total. The summed E-state index contributed by atoms with van der Waals surface area (Å²) in [6, 6.07) is 1.69. The minimum absolute atomic E-state index is 0.0729. The number of hydrogen-bond donors (Lipinski definition) is 2. The van der Waals surface area contributed by atoms with Crippen LogP contribution < -0.4 is 5.73 Å². The third-order valence-corrected chi connectivity index (χ3v) is 2.64. The second-order valence-electron chi connectivity index (χ2n) is 3.77. The van der Waals surface area contributed by atoms with Crippen LogP contribution in [0.4, 0.5) is 8.78 Å². The molecule has 1 rings (SSSR count). The highest BCUT2D eigenvalue weighted by molar-refractivity contribution is 9.10. The van der Waals surface area contributed by atoms with Crippen LogP contribution in [0.25, 0.3) is 0 Å². The van der Waals surface area contributed by atoms with Gasteiger partial charge in [0.1, 0.15) is 30.3 Å². The van der Waals surface area contributed by atoms with E-state index in [1.54, 1.807) is 0 Å². The van der Waals surface area contributed by atoms with E-state index in [0.717, 1.165) is 12.1 Å². The Morgan fingerprint density at radius 1 is 1.20 bits per heavy atom. The quantitative estimate of drug-likeness (QED) is 0.817. The van der Waals surface area contributed by atoms with E-state index in [1.807, 2.05) is 0 Å². The molecule has 9 heteroatoms. The lowest BCUT2D eigenvalue weighted by molar-refractivity contribution is -0.138. The fourth-order valence-corrected chi connectivity index (χ4v) is 1.86. The number of benzene rings is 1. The summed E-state index contributed by atoms with van der Waals surface area (Å²) in [4.78, 5) is 33.8. The molecule has 108 valence electrons. The molecule has 0 spiro atoms. The number of carbonyl (C=O) groups excluding carboxylic acids is 2. The molecule has 20 heavy (non-hydrogen) atoms. The largest absolute Gasteiger partial charge is 0.480 e. The van der Waals surface area contributed by atoms with E-state index < -0.39 is 48.1 Å². The van der Waals surface area contributed by atoms with Crippen LogP contribution in [-0.2, 0) is 9.59 Å². The summed E-state index contributed by atoms with van der Waals surface area (Å²) >= 11 is 2.84. The molecule has 0 atom stereocenters. The smallest absolute Gasteiger partial charge is 0.323 e. The second kappa shape index (κ2) is 6.42. The summed E-state index contributed by atoms with van der Waals surface area (Å²) in [6.45, 7) is -1.67. The molecule has 0 bridgehead atoms. The molecule has 1 aromatic carbocycles. The summed E-state index contributed by atoms with van der Waals surface area (Å²) in [6.07, 6.45) is 0. The highest BCUT2D eigenvalue weighted by Gasteiger charge is 2.26. The Hall–Kier alpha value is -2.03. The van der Waals surface area contributed by atoms with Gasteiger partial charge in [0.05, 0.1) is 0 Å². The Labute approximate surface area is 120 Å². The van der Waals surface area contributed by atoms with Crippen LogP contribution in [0.2, 0.25) is 0 Å². The first kappa shape index (κ1) is 16.0. The third-order valence-electron chi connectivity index (χ3n) is 2.18. The fourth-order valence-electron chi connectivity index (χ4n) is 1.46. The molecule has 0 fully saturated rings. The topological polar surface area (TPSA) is 101 Å². The first-order valence-corrected chi connectivity index (χ1v) is 5.95. The van der Waals surface area contributed by atoms with E-state index in [0.29, 0.717) is 4.90 Å². The highest BCUT2D eigenvalue weighted by Crippen LogP contribution is 2.20. The molecule has 0 aromatic heterocycles. The molecule has 1 aromatic rings. The van der Waals surface area contributed by atoms with Crippen LogP contribution in [0.3, 0.4) is 0 Å². The van der Waals surface area contributed by atoms with Gasteiger partial charge in [0.15, 0.2) is 0 Å². The maximum Gasteiger partial charge on any atom is 0.323 e. The lowest BCUT2D eigenvalue weighted by Gasteiger charge is -2.19. The van der Waals surface area contributed by atoms with Crippen LogP contribution >= 0.6 is 15.9 Å². The van der Waals surface area contributed by atoms with Crippen LogP contribution in [0.5, 0.6) is 0 Å². The van der Waals surface area contributed by atoms with Crippen molar-refractivity contribution in [2.75, 3.05) is 13.1 Å². The normalized spacial score (nSPS) is 10.2. The van der Waals surface area contributed by atoms with Crippen molar-refractivity contribution in [1.29, 1.82) is 0 Å². The minimum Gasteiger partial charge on any atom is -0.480 e. The van der Waals surface area contributed by atoms with Crippen molar-refractivity contribution in [2.24, 2.45) is 5.73 Å². The maximum absolute atomic E-state index is 13.6. The zero-order valence-electron chi connectivity index (χ0n) is 9.90. The number of aliphatic carboxylic acids is 1. The molecule has 0 aliphatic rings. The SMILES string of the molecule is NC(=O)CN(CC(=O)O)C(=O)c1c(F)cc(Br)cc1F. The van der Waals surface area contributed by atoms with Crippen molar-refractivity contribution in [3.63, 3.8) is 0 Å². The lowest BCUT2D eigenvalue weighted by atomic mass is 10.1. The van der Waals surface area contributed by atoms with Gasteiger partial charge < -0.3 is 15.7 Å². The minimum atomic E-state index is -1.45. The highest BCUT2D eigenvalue weighted by atomic mass is 79.9. The Bertz CT molecular complexity index is 541. The first-order valence-electron chi connectivity index (χ1n) is 5.16. The summed E-state index contributed by atoms with van der Waals surface area (Å²) < 4.78 is 27.3. The number of nitrogens with zero attached hydrogens (tertiary/aromatic N) is 1. The van der Waals surface area contributed by atoms with Gasteiger partial charge >= 0.3 is 5.97 Å². The van der Waals surface area contributed by atoms with E-state index in [9.17, 15) is 23.2 Å². The van der Waals surface area contributed by atoms with E-state index in [2.05, 4.69) is 15.9 Å². The Balaban J connectivity index is 3.18. The van der Waals surface area contributed by atoms with Gasteiger partial charge in [-0.05, 0) is 12.1 Å². The maximum atomic E-state index is 13.6. The van der Waals surface area contributed by atoms with Crippen LogP contribution in [0, 0.1) is 11.6 Å². The molecule has 2 amide bonds. The van der Waals surface area contributed by atoms with Crippen LogP contribution in [0.1, 0.15) is 10.4 Å². The molecule has 0 radical (unpaired) electrons. The number of halogens is 3. The summed E-state index contributed by atoms with van der Waals surface area (Å²) in [7, 11) is 0. The molecule has 0 aliphatic carbocycles. The lowest BCUT2D eigenvalue weighted by Crippen LogP contribution is -2.42. The monoisotopic (exact) mass is 350 g/mol. The third kappa shape index (κ3) is 3.98. The van der Waals surface area contributed by atoms with Crippen molar-refractivity contribution in [1.82, 2.24) is 4.90 Å². The van der Waals surface area contributed by atoms with E-state index in [1.165, 1.54) is 0 Å². The molecular formula is C11H9BrF2N2O4. The van der Waals surface area contributed by atoms with Gasteiger partial charge in [0, 0.05) is 4.47 Å².